The second kappa shape index (κ2) is 18.5. The van der Waals surface area contributed by atoms with Crippen LogP contribution in [0.15, 0.2) is 66.8 Å². The molecule has 2 atom stereocenters. The molecule has 46 heavy (non-hydrogen) atoms. The van der Waals surface area contributed by atoms with Gasteiger partial charge < -0.3 is 24.1 Å². The van der Waals surface area contributed by atoms with Gasteiger partial charge in [-0.1, -0.05) is 61.4 Å². The summed E-state index contributed by atoms with van der Waals surface area (Å²) < 4.78 is 62.6. The summed E-state index contributed by atoms with van der Waals surface area (Å²) in [5.41, 5.74) is -0.176. The summed E-state index contributed by atoms with van der Waals surface area (Å²) in [4.78, 5) is 25.9. The molecule has 10 heteroatoms. The molecule has 1 aliphatic rings. The van der Waals surface area contributed by atoms with Crippen molar-refractivity contribution in [1.29, 1.82) is 0 Å². The molecule has 2 aromatic rings. The van der Waals surface area contributed by atoms with Crippen molar-refractivity contribution >= 4 is 17.5 Å². The Morgan fingerprint density at radius 3 is 2.22 bits per heavy atom. The predicted octanol–water partition coefficient (Wildman–Crippen LogP) is 8.32. The first-order valence-corrected chi connectivity index (χ1v) is 15.9. The molecule has 0 aromatic heterocycles. The molecule has 7 nitrogen and oxygen atoms in total. The van der Waals surface area contributed by atoms with Gasteiger partial charge in [-0.05, 0) is 86.8 Å². The fourth-order valence-corrected chi connectivity index (χ4v) is 5.35. The SMILES string of the molecule is CCOCCCCCC(OC(=O)c1ccccc1[C@]1(C(=O)O)C=CC(c2ccc(OCCCCCCOC)cc2)=CC1)C(F)(F)F. The van der Waals surface area contributed by atoms with Crippen molar-refractivity contribution in [2.45, 2.75) is 82.4 Å². The van der Waals surface area contributed by atoms with E-state index < -0.39 is 36.1 Å². The van der Waals surface area contributed by atoms with Crippen LogP contribution in [0.2, 0.25) is 0 Å². The number of allylic oxidation sites excluding steroid dienone is 3. The van der Waals surface area contributed by atoms with Crippen LogP contribution in [0.25, 0.3) is 5.57 Å². The molecule has 3 rings (SSSR count). The van der Waals surface area contributed by atoms with Gasteiger partial charge in [-0.25, -0.2) is 4.79 Å². The Morgan fingerprint density at radius 1 is 0.913 bits per heavy atom. The van der Waals surface area contributed by atoms with Gasteiger partial charge in [0.05, 0.1) is 12.2 Å². The maximum Gasteiger partial charge on any atom is 0.425 e. The number of ether oxygens (including phenoxy) is 4. The third-order valence-corrected chi connectivity index (χ3v) is 7.97. The summed E-state index contributed by atoms with van der Waals surface area (Å²) in [6.07, 6.45) is 2.86. The highest BCUT2D eigenvalue weighted by molar-refractivity contribution is 5.97. The molecule has 0 saturated heterocycles. The average Bonchev–Trinajstić information content (AvgIpc) is 3.05. The Kier molecular flexibility index (Phi) is 14.8. The predicted molar refractivity (Wildman–Crippen MR) is 170 cm³/mol. The summed E-state index contributed by atoms with van der Waals surface area (Å²) >= 11 is 0. The standard InChI is InChI=1S/C36H45F3O7/c1-3-44-25-11-6-7-15-32(36(37,38)39)46-33(40)30-13-8-9-14-31(30)35(34(41)42)22-20-28(21-23-35)27-16-18-29(19-17-27)45-26-12-5-4-10-24-43-2/h8-9,13-14,16-22,32H,3-7,10-12,15,23-26H2,1-2H3,(H,41,42)/t32?,35-/m0/s1. The third kappa shape index (κ3) is 10.7. The van der Waals surface area contributed by atoms with E-state index in [1.54, 1.807) is 25.3 Å². The highest BCUT2D eigenvalue weighted by Gasteiger charge is 2.45. The largest absolute Gasteiger partial charge is 0.494 e. The van der Waals surface area contributed by atoms with Crippen molar-refractivity contribution in [2.75, 3.05) is 33.5 Å². The maximum atomic E-state index is 13.8. The lowest BCUT2D eigenvalue weighted by Gasteiger charge is -2.30. The van der Waals surface area contributed by atoms with E-state index in [-0.39, 0.29) is 24.0 Å². The lowest BCUT2D eigenvalue weighted by molar-refractivity contribution is -0.206. The Balaban J connectivity index is 1.69. The topological polar surface area (TPSA) is 91.3 Å². The van der Waals surface area contributed by atoms with E-state index in [9.17, 15) is 27.9 Å². The monoisotopic (exact) mass is 646 g/mol. The number of benzene rings is 2. The summed E-state index contributed by atoms with van der Waals surface area (Å²) in [7, 11) is 1.70. The number of carbonyl (C=O) groups excluding carboxylic acids is 1. The molecule has 0 amide bonds. The normalized spacial score (nSPS) is 16.9. The molecule has 0 saturated carbocycles. The van der Waals surface area contributed by atoms with Gasteiger partial charge in [0.15, 0.2) is 6.10 Å². The molecule has 0 spiro atoms. The molecule has 0 heterocycles. The molecule has 1 unspecified atom stereocenters. The van der Waals surface area contributed by atoms with Gasteiger partial charge in [0.2, 0.25) is 0 Å². The molecule has 2 aromatic carbocycles. The minimum atomic E-state index is -4.76. The van der Waals surface area contributed by atoms with Gasteiger partial charge >= 0.3 is 18.1 Å². The van der Waals surface area contributed by atoms with E-state index in [1.165, 1.54) is 24.3 Å². The number of methoxy groups -OCH3 is 1. The van der Waals surface area contributed by atoms with Crippen LogP contribution in [-0.2, 0) is 24.4 Å². The lowest BCUT2D eigenvalue weighted by atomic mass is 9.72. The molecule has 0 radical (unpaired) electrons. The highest BCUT2D eigenvalue weighted by atomic mass is 19.4. The van der Waals surface area contributed by atoms with Crippen molar-refractivity contribution in [2.24, 2.45) is 0 Å². The van der Waals surface area contributed by atoms with Gasteiger partial charge in [0.25, 0.3) is 0 Å². The number of carboxylic acids is 1. The van der Waals surface area contributed by atoms with Crippen molar-refractivity contribution in [3.05, 3.63) is 83.4 Å². The quantitative estimate of drug-likeness (QED) is 0.114. The zero-order chi connectivity index (χ0) is 33.4. The van der Waals surface area contributed by atoms with E-state index in [1.807, 2.05) is 31.2 Å². The number of hydrogen-bond acceptors (Lipinski definition) is 6. The van der Waals surface area contributed by atoms with Gasteiger partial charge in [-0.3, -0.25) is 4.79 Å². The number of alkyl halides is 3. The molecule has 0 bridgehead atoms. The summed E-state index contributed by atoms with van der Waals surface area (Å²) in [5, 5.41) is 10.4. The zero-order valence-electron chi connectivity index (χ0n) is 26.7. The van der Waals surface area contributed by atoms with Crippen LogP contribution < -0.4 is 4.74 Å². The van der Waals surface area contributed by atoms with Crippen LogP contribution >= 0.6 is 0 Å². The highest BCUT2D eigenvalue weighted by Crippen LogP contribution is 2.39. The number of esters is 1. The summed E-state index contributed by atoms with van der Waals surface area (Å²) in [5.74, 6) is -1.70. The van der Waals surface area contributed by atoms with Crippen LogP contribution in [0, 0.1) is 0 Å². The Labute approximate surface area is 269 Å². The Morgan fingerprint density at radius 2 is 1.59 bits per heavy atom. The number of carbonyl (C=O) groups is 2. The van der Waals surface area contributed by atoms with E-state index in [0.717, 1.165) is 49.2 Å². The summed E-state index contributed by atoms with van der Waals surface area (Å²) in [6.45, 7) is 4.20. The molecule has 0 fully saturated rings. The molecular weight excluding hydrogens is 601 g/mol. The second-order valence-corrected chi connectivity index (χ2v) is 11.3. The van der Waals surface area contributed by atoms with Gasteiger partial charge in [0, 0.05) is 26.9 Å². The average molecular weight is 647 g/mol. The second-order valence-electron chi connectivity index (χ2n) is 11.3. The van der Waals surface area contributed by atoms with Crippen LogP contribution in [-0.4, -0.2) is 62.9 Å². The minimum absolute atomic E-state index is 0.0116. The molecule has 1 N–H and O–H groups in total. The smallest absolute Gasteiger partial charge is 0.425 e. The zero-order valence-corrected chi connectivity index (χ0v) is 26.7. The van der Waals surface area contributed by atoms with E-state index in [0.29, 0.717) is 32.7 Å². The van der Waals surface area contributed by atoms with E-state index in [4.69, 9.17) is 18.9 Å². The van der Waals surface area contributed by atoms with Crippen molar-refractivity contribution in [3.63, 3.8) is 0 Å². The fourth-order valence-electron chi connectivity index (χ4n) is 5.35. The first kappa shape index (κ1) is 36.8. The number of carboxylic acid groups (broad SMARTS) is 1. The minimum Gasteiger partial charge on any atom is -0.494 e. The third-order valence-electron chi connectivity index (χ3n) is 7.97. The molecular formula is C36H45F3O7. The summed E-state index contributed by atoms with van der Waals surface area (Å²) in [6, 6.07) is 13.3. The number of unbranched alkanes of at least 4 members (excludes halogenated alkanes) is 5. The first-order valence-electron chi connectivity index (χ1n) is 15.9. The lowest BCUT2D eigenvalue weighted by Crippen LogP contribution is -2.38. The Bertz CT molecular complexity index is 1300. The maximum absolute atomic E-state index is 13.8. The number of rotatable bonds is 20. The van der Waals surface area contributed by atoms with Gasteiger partial charge in [-0.2, -0.15) is 13.2 Å². The molecule has 0 aliphatic heterocycles. The molecule has 1 aliphatic carbocycles. The fraction of sp³-hybridized carbons (Fsp3) is 0.500. The Hall–Kier alpha value is -3.63. The van der Waals surface area contributed by atoms with E-state index in [2.05, 4.69) is 0 Å². The van der Waals surface area contributed by atoms with Gasteiger partial charge in [-0.15, -0.1) is 0 Å². The van der Waals surface area contributed by atoms with Crippen LogP contribution in [0.3, 0.4) is 0 Å². The van der Waals surface area contributed by atoms with Crippen molar-refractivity contribution < 1.29 is 46.8 Å². The number of halogens is 3. The van der Waals surface area contributed by atoms with Crippen molar-refractivity contribution in [3.8, 4) is 5.75 Å². The van der Waals surface area contributed by atoms with Gasteiger partial charge in [0.1, 0.15) is 11.2 Å². The number of hydrogen-bond donors (Lipinski definition) is 1. The van der Waals surface area contributed by atoms with E-state index >= 15 is 0 Å². The van der Waals surface area contributed by atoms with Crippen LogP contribution in [0.1, 0.15) is 86.2 Å². The number of aliphatic carboxylic acids is 1. The molecule has 252 valence electrons. The first-order chi connectivity index (χ1) is 22.1. The van der Waals surface area contributed by atoms with Crippen LogP contribution in [0.4, 0.5) is 13.2 Å². The van der Waals surface area contributed by atoms with Crippen LogP contribution in [0.5, 0.6) is 5.75 Å². The van der Waals surface area contributed by atoms with Crippen molar-refractivity contribution in [1.82, 2.24) is 0 Å².